The van der Waals surface area contributed by atoms with Crippen LogP contribution in [0.4, 0.5) is 10.1 Å². The maximum absolute atomic E-state index is 13.4. The van der Waals surface area contributed by atoms with Gasteiger partial charge in [0.25, 0.3) is 0 Å². The summed E-state index contributed by atoms with van der Waals surface area (Å²) < 4.78 is 13.4. The van der Waals surface area contributed by atoms with E-state index in [-0.39, 0.29) is 24.0 Å². The van der Waals surface area contributed by atoms with Gasteiger partial charge in [0.15, 0.2) is 0 Å². The van der Waals surface area contributed by atoms with Crippen molar-refractivity contribution < 1.29 is 9.50 Å². The lowest BCUT2D eigenvalue weighted by Crippen LogP contribution is -2.04. The van der Waals surface area contributed by atoms with Crippen LogP contribution in [0.5, 0.6) is 0 Å². The Morgan fingerprint density at radius 2 is 2.27 bits per heavy atom. The monoisotopic (exact) mass is 229 g/mol. The van der Waals surface area contributed by atoms with Gasteiger partial charge >= 0.3 is 0 Å². The molecule has 2 nitrogen and oxygen atoms in total. The largest absolute Gasteiger partial charge is 0.396 e. The molecule has 4 heteroatoms. The molecular formula is C11H16FNOS. The quantitative estimate of drug-likeness (QED) is 0.761. The van der Waals surface area contributed by atoms with Crippen molar-refractivity contribution in [1.29, 1.82) is 0 Å². The number of nitrogens with two attached hydrogens (primary N) is 1. The van der Waals surface area contributed by atoms with Crippen LogP contribution in [0.2, 0.25) is 0 Å². The van der Waals surface area contributed by atoms with Crippen LogP contribution in [0.25, 0.3) is 0 Å². The lowest BCUT2D eigenvalue weighted by Gasteiger charge is -2.08. The molecule has 0 fully saturated rings. The fourth-order valence-corrected chi connectivity index (χ4v) is 2.20. The first-order valence-electron chi connectivity index (χ1n) is 4.86. The molecule has 15 heavy (non-hydrogen) atoms. The molecule has 1 unspecified atom stereocenters. The van der Waals surface area contributed by atoms with Crippen LogP contribution >= 0.6 is 11.8 Å². The molecule has 1 aromatic carbocycles. The van der Waals surface area contributed by atoms with E-state index in [0.29, 0.717) is 11.3 Å². The average molecular weight is 229 g/mol. The summed E-state index contributed by atoms with van der Waals surface area (Å²) >= 11 is 1.61. The molecule has 0 aliphatic heterocycles. The smallest absolute Gasteiger partial charge is 0.150 e. The van der Waals surface area contributed by atoms with Crippen molar-refractivity contribution in [3.63, 3.8) is 0 Å². The third-order valence-electron chi connectivity index (χ3n) is 2.08. The molecule has 0 aromatic heterocycles. The van der Waals surface area contributed by atoms with E-state index in [1.165, 1.54) is 0 Å². The number of anilines is 1. The van der Waals surface area contributed by atoms with Gasteiger partial charge in [0, 0.05) is 12.4 Å². The number of aliphatic hydroxyl groups excluding tert-OH is 1. The molecule has 0 amide bonds. The summed E-state index contributed by atoms with van der Waals surface area (Å²) in [6.45, 7) is 2.13. The van der Waals surface area contributed by atoms with Crippen LogP contribution in [0.3, 0.4) is 0 Å². The summed E-state index contributed by atoms with van der Waals surface area (Å²) in [5.41, 5.74) is 6.28. The Bertz CT molecular complexity index is 319. The van der Waals surface area contributed by atoms with Gasteiger partial charge in [-0.15, -0.1) is 0 Å². The maximum Gasteiger partial charge on any atom is 0.150 e. The third kappa shape index (κ3) is 3.72. The van der Waals surface area contributed by atoms with Gasteiger partial charge in [0.05, 0.1) is 5.69 Å². The zero-order chi connectivity index (χ0) is 11.3. The van der Waals surface area contributed by atoms with E-state index >= 15 is 0 Å². The molecule has 3 N–H and O–H groups in total. The van der Waals surface area contributed by atoms with Crippen molar-refractivity contribution in [3.05, 3.63) is 29.6 Å². The SMILES string of the molecule is CC(CO)CSCc1cccc(N)c1F. The number of benzene rings is 1. The van der Waals surface area contributed by atoms with Gasteiger partial charge in [-0.05, 0) is 23.3 Å². The second-order valence-corrected chi connectivity index (χ2v) is 4.65. The van der Waals surface area contributed by atoms with Crippen molar-refractivity contribution in [2.75, 3.05) is 18.1 Å². The average Bonchev–Trinajstić information content (AvgIpc) is 2.24. The third-order valence-corrected chi connectivity index (χ3v) is 3.40. The second-order valence-electron chi connectivity index (χ2n) is 3.62. The highest BCUT2D eigenvalue weighted by molar-refractivity contribution is 7.98. The summed E-state index contributed by atoms with van der Waals surface area (Å²) in [6, 6.07) is 5.05. The van der Waals surface area contributed by atoms with Crippen LogP contribution in [0, 0.1) is 11.7 Å². The number of nitrogen functional groups attached to an aromatic ring is 1. The summed E-state index contributed by atoms with van der Waals surface area (Å²) in [4.78, 5) is 0. The van der Waals surface area contributed by atoms with E-state index in [0.717, 1.165) is 5.75 Å². The fourth-order valence-electron chi connectivity index (χ4n) is 1.13. The van der Waals surface area contributed by atoms with Crippen LogP contribution in [-0.2, 0) is 5.75 Å². The molecule has 0 saturated carbocycles. The number of aliphatic hydroxyl groups is 1. The number of hydrogen-bond acceptors (Lipinski definition) is 3. The van der Waals surface area contributed by atoms with Gasteiger partial charge in [0.2, 0.25) is 0 Å². The fraction of sp³-hybridized carbons (Fsp3) is 0.455. The zero-order valence-corrected chi connectivity index (χ0v) is 9.56. The van der Waals surface area contributed by atoms with E-state index in [2.05, 4.69) is 0 Å². The van der Waals surface area contributed by atoms with Gasteiger partial charge < -0.3 is 10.8 Å². The van der Waals surface area contributed by atoms with E-state index < -0.39 is 0 Å². The minimum absolute atomic E-state index is 0.173. The molecule has 0 aliphatic rings. The summed E-state index contributed by atoms with van der Waals surface area (Å²) in [5.74, 6) is 1.35. The molecule has 0 spiro atoms. The predicted octanol–water partition coefficient (Wildman–Crippen LogP) is 2.27. The summed E-state index contributed by atoms with van der Waals surface area (Å²) in [5, 5.41) is 8.82. The van der Waals surface area contributed by atoms with Gasteiger partial charge in [0.1, 0.15) is 5.82 Å². The molecule has 0 radical (unpaired) electrons. The molecule has 1 rings (SSSR count). The van der Waals surface area contributed by atoms with Crippen LogP contribution in [0.1, 0.15) is 12.5 Å². The predicted molar refractivity (Wildman–Crippen MR) is 63.2 cm³/mol. The Morgan fingerprint density at radius 1 is 1.53 bits per heavy atom. The van der Waals surface area contributed by atoms with Gasteiger partial charge in [-0.1, -0.05) is 19.1 Å². The Balaban J connectivity index is 2.47. The maximum atomic E-state index is 13.4. The number of halogens is 1. The Kier molecular flexibility index (Phi) is 4.91. The van der Waals surface area contributed by atoms with Crippen molar-refractivity contribution in [2.24, 2.45) is 5.92 Å². The first-order valence-corrected chi connectivity index (χ1v) is 6.02. The number of hydrogen-bond donors (Lipinski definition) is 2. The number of thioether (sulfide) groups is 1. The number of rotatable bonds is 5. The van der Waals surface area contributed by atoms with Gasteiger partial charge in [-0.2, -0.15) is 11.8 Å². The minimum Gasteiger partial charge on any atom is -0.396 e. The highest BCUT2D eigenvalue weighted by Gasteiger charge is 2.06. The van der Waals surface area contributed by atoms with E-state index in [9.17, 15) is 4.39 Å². The lowest BCUT2D eigenvalue weighted by molar-refractivity contribution is 0.250. The minimum atomic E-state index is -0.318. The Labute approximate surface area is 93.7 Å². The topological polar surface area (TPSA) is 46.2 Å². The Hall–Kier alpha value is -0.740. The molecule has 0 aliphatic carbocycles. The molecule has 0 bridgehead atoms. The Morgan fingerprint density at radius 3 is 2.93 bits per heavy atom. The molecule has 0 saturated heterocycles. The lowest BCUT2D eigenvalue weighted by atomic mass is 10.2. The van der Waals surface area contributed by atoms with Gasteiger partial charge in [-0.25, -0.2) is 4.39 Å². The zero-order valence-electron chi connectivity index (χ0n) is 8.74. The van der Waals surface area contributed by atoms with Crippen molar-refractivity contribution in [3.8, 4) is 0 Å². The highest BCUT2D eigenvalue weighted by Crippen LogP contribution is 2.21. The van der Waals surface area contributed by atoms with Crippen molar-refractivity contribution in [2.45, 2.75) is 12.7 Å². The summed E-state index contributed by atoms with van der Waals surface area (Å²) in [6.07, 6.45) is 0. The molecule has 1 atom stereocenters. The first-order chi connectivity index (χ1) is 7.15. The standard InChI is InChI=1S/C11H16FNOS/c1-8(5-14)6-15-7-9-3-2-4-10(13)11(9)12/h2-4,8,14H,5-7,13H2,1H3. The second kappa shape index (κ2) is 5.98. The highest BCUT2D eigenvalue weighted by atomic mass is 32.2. The molecule has 84 valence electrons. The van der Waals surface area contributed by atoms with Gasteiger partial charge in [-0.3, -0.25) is 0 Å². The van der Waals surface area contributed by atoms with E-state index in [1.807, 2.05) is 6.92 Å². The molecular weight excluding hydrogens is 213 g/mol. The van der Waals surface area contributed by atoms with Crippen LogP contribution in [0.15, 0.2) is 18.2 Å². The van der Waals surface area contributed by atoms with Crippen LogP contribution in [-0.4, -0.2) is 17.5 Å². The first kappa shape index (κ1) is 12.3. The van der Waals surface area contributed by atoms with E-state index in [4.69, 9.17) is 10.8 Å². The molecule has 1 aromatic rings. The normalized spacial score (nSPS) is 12.7. The summed E-state index contributed by atoms with van der Waals surface area (Å²) in [7, 11) is 0. The van der Waals surface area contributed by atoms with Crippen molar-refractivity contribution >= 4 is 17.4 Å². The van der Waals surface area contributed by atoms with E-state index in [1.54, 1.807) is 30.0 Å². The van der Waals surface area contributed by atoms with Crippen molar-refractivity contribution in [1.82, 2.24) is 0 Å². The van der Waals surface area contributed by atoms with Crippen LogP contribution < -0.4 is 5.73 Å². The molecule has 0 heterocycles.